The Balaban J connectivity index is 2.23. The lowest BCUT2D eigenvalue weighted by Crippen LogP contribution is -2.23. The number of hydrogen-bond acceptors (Lipinski definition) is 3. The predicted octanol–water partition coefficient (Wildman–Crippen LogP) is 3.64. The zero-order valence-electron chi connectivity index (χ0n) is 13.6. The van der Waals surface area contributed by atoms with Gasteiger partial charge in [-0.2, -0.15) is 0 Å². The Morgan fingerprint density at radius 3 is 2.17 bits per heavy atom. The van der Waals surface area contributed by atoms with Crippen molar-refractivity contribution in [1.29, 1.82) is 0 Å². The van der Waals surface area contributed by atoms with Crippen LogP contribution in [0, 0.1) is 34.1 Å². The number of halogens is 4. The molecule has 0 saturated heterocycles. The summed E-state index contributed by atoms with van der Waals surface area (Å²) >= 11 is 0. The maximum absolute atomic E-state index is 13.6. The van der Waals surface area contributed by atoms with Gasteiger partial charge in [-0.05, 0) is 18.8 Å². The van der Waals surface area contributed by atoms with Gasteiger partial charge in [-0.3, -0.25) is 4.79 Å². The quantitative estimate of drug-likeness (QED) is 0.383. The van der Waals surface area contributed by atoms with Crippen molar-refractivity contribution in [3.63, 3.8) is 0 Å². The van der Waals surface area contributed by atoms with Gasteiger partial charge in [0.1, 0.15) is 6.61 Å². The topological polar surface area (TPSA) is 46.5 Å². The summed E-state index contributed by atoms with van der Waals surface area (Å²) in [5.41, 5.74) is -1.91. The first-order valence-corrected chi connectivity index (χ1v) is 7.34. The van der Waals surface area contributed by atoms with Gasteiger partial charge in [-0.1, -0.05) is 25.5 Å². The lowest BCUT2D eigenvalue weighted by atomic mass is 9.93. The molecule has 0 spiro atoms. The van der Waals surface area contributed by atoms with Crippen molar-refractivity contribution in [3.8, 4) is 0 Å². The van der Waals surface area contributed by atoms with E-state index in [-0.39, 0.29) is 12.7 Å². The van der Waals surface area contributed by atoms with Crippen LogP contribution in [-0.2, 0) is 16.1 Å². The van der Waals surface area contributed by atoms with E-state index in [0.29, 0.717) is 12.0 Å². The SMILES string of the molecule is CC(=CC1(C(=O)OCc2c(F)c(F)cc(F)c2F)CC1(C)C)CO. The molecular formula is C17H18F4O3. The third-order valence-electron chi connectivity index (χ3n) is 4.46. The highest BCUT2D eigenvalue weighted by Crippen LogP contribution is 2.65. The van der Waals surface area contributed by atoms with Gasteiger partial charge in [0.2, 0.25) is 0 Å². The van der Waals surface area contributed by atoms with Gasteiger partial charge in [0.15, 0.2) is 23.3 Å². The molecule has 1 aliphatic rings. The lowest BCUT2D eigenvalue weighted by molar-refractivity contribution is -0.151. The van der Waals surface area contributed by atoms with Crippen molar-refractivity contribution >= 4 is 5.97 Å². The number of benzene rings is 1. The van der Waals surface area contributed by atoms with Gasteiger partial charge in [-0.15, -0.1) is 0 Å². The molecule has 1 aromatic carbocycles. The maximum atomic E-state index is 13.6. The Bertz CT molecular complexity index is 686. The number of aliphatic hydroxyl groups is 1. The summed E-state index contributed by atoms with van der Waals surface area (Å²) in [5.74, 6) is -7.06. The molecule has 1 fully saturated rings. The zero-order chi connectivity index (χ0) is 18.3. The Kier molecular flexibility index (Phi) is 4.77. The van der Waals surface area contributed by atoms with E-state index in [1.54, 1.807) is 26.8 Å². The smallest absolute Gasteiger partial charge is 0.316 e. The van der Waals surface area contributed by atoms with E-state index in [2.05, 4.69) is 0 Å². The van der Waals surface area contributed by atoms with E-state index in [0.717, 1.165) is 0 Å². The molecule has 7 heteroatoms. The Hall–Kier alpha value is -1.89. The highest BCUT2D eigenvalue weighted by molar-refractivity contribution is 5.84. The molecule has 1 N–H and O–H groups in total. The zero-order valence-corrected chi connectivity index (χ0v) is 13.6. The molecule has 24 heavy (non-hydrogen) atoms. The summed E-state index contributed by atoms with van der Waals surface area (Å²) in [6, 6.07) is 0.0921. The van der Waals surface area contributed by atoms with Crippen molar-refractivity contribution in [1.82, 2.24) is 0 Å². The first-order chi connectivity index (χ1) is 11.1. The highest BCUT2D eigenvalue weighted by Gasteiger charge is 2.66. The number of hydrogen-bond donors (Lipinski definition) is 1. The van der Waals surface area contributed by atoms with Crippen LogP contribution < -0.4 is 0 Å². The van der Waals surface area contributed by atoms with Gasteiger partial charge < -0.3 is 9.84 Å². The third kappa shape index (κ3) is 3.05. The van der Waals surface area contributed by atoms with E-state index >= 15 is 0 Å². The van der Waals surface area contributed by atoms with Crippen LogP contribution >= 0.6 is 0 Å². The molecule has 2 rings (SSSR count). The van der Waals surface area contributed by atoms with Crippen molar-refractivity contribution in [2.24, 2.45) is 10.8 Å². The number of esters is 1. The second-order valence-electron chi connectivity index (χ2n) is 6.70. The van der Waals surface area contributed by atoms with Gasteiger partial charge in [0, 0.05) is 6.07 Å². The Morgan fingerprint density at radius 2 is 1.75 bits per heavy atom. The summed E-state index contributed by atoms with van der Waals surface area (Å²) in [5, 5.41) is 9.12. The molecular weight excluding hydrogens is 328 g/mol. The fraction of sp³-hybridized carbons (Fsp3) is 0.471. The lowest BCUT2D eigenvalue weighted by Gasteiger charge is -2.17. The van der Waals surface area contributed by atoms with Crippen molar-refractivity contribution in [2.75, 3.05) is 6.61 Å². The fourth-order valence-electron chi connectivity index (χ4n) is 2.79. The number of aliphatic hydroxyl groups excluding tert-OH is 1. The van der Waals surface area contributed by atoms with E-state index in [9.17, 15) is 22.4 Å². The first kappa shape index (κ1) is 18.4. The molecule has 0 aliphatic heterocycles. The summed E-state index contributed by atoms with van der Waals surface area (Å²) in [4.78, 5) is 12.4. The molecule has 0 heterocycles. The normalized spacial score (nSPS) is 22.4. The number of carbonyl (C=O) groups excluding carboxylic acids is 1. The molecule has 1 unspecified atom stereocenters. The Morgan fingerprint density at radius 1 is 1.25 bits per heavy atom. The van der Waals surface area contributed by atoms with E-state index in [1.165, 1.54) is 0 Å². The molecule has 0 radical (unpaired) electrons. The van der Waals surface area contributed by atoms with Crippen LogP contribution in [0.25, 0.3) is 0 Å². The van der Waals surface area contributed by atoms with Gasteiger partial charge >= 0.3 is 5.97 Å². The molecule has 1 atom stereocenters. The molecule has 1 saturated carbocycles. The van der Waals surface area contributed by atoms with Crippen LogP contribution in [0.15, 0.2) is 17.7 Å². The predicted molar refractivity (Wildman–Crippen MR) is 77.7 cm³/mol. The molecule has 3 nitrogen and oxygen atoms in total. The van der Waals surface area contributed by atoms with Crippen LogP contribution in [0.2, 0.25) is 0 Å². The second kappa shape index (κ2) is 6.20. The van der Waals surface area contributed by atoms with E-state index in [4.69, 9.17) is 9.84 Å². The first-order valence-electron chi connectivity index (χ1n) is 7.34. The van der Waals surface area contributed by atoms with Crippen molar-refractivity contribution in [2.45, 2.75) is 33.8 Å². The average molecular weight is 346 g/mol. The molecule has 132 valence electrons. The molecule has 0 amide bonds. The molecule has 0 aromatic heterocycles. The van der Waals surface area contributed by atoms with Crippen LogP contribution in [0.5, 0.6) is 0 Å². The summed E-state index contributed by atoms with van der Waals surface area (Å²) in [7, 11) is 0. The van der Waals surface area contributed by atoms with E-state index < -0.39 is 52.2 Å². The second-order valence-corrected chi connectivity index (χ2v) is 6.70. The summed E-state index contributed by atoms with van der Waals surface area (Å²) in [6.07, 6.45) is 1.99. The largest absolute Gasteiger partial charge is 0.460 e. The minimum atomic E-state index is -1.59. The molecule has 1 aliphatic carbocycles. The minimum absolute atomic E-state index is 0.0921. The summed E-state index contributed by atoms with van der Waals surface area (Å²) < 4.78 is 58.5. The van der Waals surface area contributed by atoms with Crippen LogP contribution in [0.1, 0.15) is 32.8 Å². The number of ether oxygens (including phenoxy) is 1. The van der Waals surface area contributed by atoms with Crippen LogP contribution in [0.3, 0.4) is 0 Å². The number of carbonyl (C=O) groups is 1. The minimum Gasteiger partial charge on any atom is -0.460 e. The van der Waals surface area contributed by atoms with Crippen molar-refractivity contribution < 1.29 is 32.2 Å². The fourth-order valence-corrected chi connectivity index (χ4v) is 2.79. The monoisotopic (exact) mass is 346 g/mol. The van der Waals surface area contributed by atoms with Gasteiger partial charge in [0.05, 0.1) is 17.6 Å². The van der Waals surface area contributed by atoms with Crippen LogP contribution in [0.4, 0.5) is 17.6 Å². The number of rotatable bonds is 5. The van der Waals surface area contributed by atoms with E-state index in [1.807, 2.05) is 0 Å². The van der Waals surface area contributed by atoms with Crippen molar-refractivity contribution in [3.05, 3.63) is 46.5 Å². The Labute approximate surface area is 136 Å². The maximum Gasteiger partial charge on any atom is 0.316 e. The van der Waals surface area contributed by atoms with Gasteiger partial charge in [0.25, 0.3) is 0 Å². The summed E-state index contributed by atoms with van der Waals surface area (Å²) in [6.45, 7) is 4.07. The highest BCUT2D eigenvalue weighted by atomic mass is 19.2. The molecule has 1 aromatic rings. The van der Waals surface area contributed by atoms with Crippen LogP contribution in [-0.4, -0.2) is 17.7 Å². The standard InChI is InChI=1S/C17H18F4O3/c1-9(6-22)5-17(8-16(17,2)3)15(23)24-7-10-13(20)11(18)4-12(19)14(10)21/h4-5,22H,6-8H2,1-3H3. The molecule has 0 bridgehead atoms. The average Bonchev–Trinajstić information content (AvgIpc) is 3.07. The van der Waals surface area contributed by atoms with Gasteiger partial charge in [-0.25, -0.2) is 17.6 Å². The third-order valence-corrected chi connectivity index (χ3v) is 4.46.